The van der Waals surface area contributed by atoms with E-state index in [1.165, 1.54) is 0 Å². The molecule has 0 radical (unpaired) electrons. The summed E-state index contributed by atoms with van der Waals surface area (Å²) in [5, 5.41) is 12.5. The molecule has 5 rings (SSSR count). The fourth-order valence-corrected chi connectivity index (χ4v) is 4.56. The quantitative estimate of drug-likeness (QED) is 0.413. The Kier molecular flexibility index (Phi) is 4.44. The van der Waals surface area contributed by atoms with Crippen LogP contribution < -0.4 is 0 Å². The van der Waals surface area contributed by atoms with Crippen LogP contribution in [0.2, 0.25) is 0 Å². The fraction of sp³-hybridized carbons (Fsp3) is 0.148. The van der Waals surface area contributed by atoms with Gasteiger partial charge in [-0.2, -0.15) is 0 Å². The molecule has 1 aromatic heterocycles. The van der Waals surface area contributed by atoms with E-state index in [1.54, 1.807) is 6.92 Å². The first kappa shape index (κ1) is 19.2. The predicted octanol–water partition coefficient (Wildman–Crippen LogP) is 5.89. The Morgan fingerprint density at radius 1 is 0.903 bits per heavy atom. The standard InChI is InChI=1S/C27H23NO3/c1-17-20-15-9-10-16-21(20)28-24(17)22(18-11-5-3-6-12-18)23-25(29)27(2,31-26(23)30)19-13-7-4-8-14-19/h3-16,22,28-29H,1-2H3/t22?,27-/m1/s1. The molecule has 1 aliphatic heterocycles. The smallest absolute Gasteiger partial charge is 0.339 e. The zero-order valence-corrected chi connectivity index (χ0v) is 17.4. The molecule has 2 atom stereocenters. The molecular weight excluding hydrogens is 386 g/mol. The number of nitrogens with one attached hydrogen (secondary N) is 1. The van der Waals surface area contributed by atoms with Crippen LogP contribution in [-0.4, -0.2) is 16.1 Å². The lowest BCUT2D eigenvalue weighted by molar-refractivity contribution is -0.147. The number of H-pyrrole nitrogens is 1. The topological polar surface area (TPSA) is 62.3 Å². The van der Waals surface area contributed by atoms with Crippen LogP contribution in [0.25, 0.3) is 10.9 Å². The number of aliphatic hydroxyl groups is 1. The van der Waals surface area contributed by atoms with Crippen molar-refractivity contribution in [3.63, 3.8) is 0 Å². The van der Waals surface area contributed by atoms with Crippen LogP contribution in [0.1, 0.15) is 35.2 Å². The first-order chi connectivity index (χ1) is 15.0. The Bertz CT molecular complexity index is 1300. The summed E-state index contributed by atoms with van der Waals surface area (Å²) in [5.41, 5.74) is 3.61. The third kappa shape index (κ3) is 2.95. The molecule has 4 nitrogen and oxygen atoms in total. The summed E-state index contributed by atoms with van der Waals surface area (Å²) in [6, 6.07) is 27.2. The highest BCUT2D eigenvalue weighted by atomic mass is 16.6. The Hall–Kier alpha value is -3.79. The minimum atomic E-state index is -1.22. The fourth-order valence-electron chi connectivity index (χ4n) is 4.56. The number of hydrogen-bond acceptors (Lipinski definition) is 3. The Balaban J connectivity index is 1.76. The predicted molar refractivity (Wildman–Crippen MR) is 121 cm³/mol. The molecule has 3 aromatic carbocycles. The molecular formula is C27H23NO3. The number of aromatic amines is 1. The Morgan fingerprint density at radius 2 is 1.52 bits per heavy atom. The van der Waals surface area contributed by atoms with Crippen molar-refractivity contribution in [2.45, 2.75) is 25.4 Å². The van der Waals surface area contributed by atoms with Crippen LogP contribution in [0.3, 0.4) is 0 Å². The molecule has 0 saturated carbocycles. The van der Waals surface area contributed by atoms with Gasteiger partial charge in [-0.25, -0.2) is 4.79 Å². The van der Waals surface area contributed by atoms with Gasteiger partial charge in [-0.3, -0.25) is 0 Å². The van der Waals surface area contributed by atoms with Crippen molar-refractivity contribution in [2.75, 3.05) is 0 Å². The van der Waals surface area contributed by atoms with Gasteiger partial charge in [0, 0.05) is 22.2 Å². The van der Waals surface area contributed by atoms with Gasteiger partial charge in [0.15, 0.2) is 11.4 Å². The van der Waals surface area contributed by atoms with Crippen molar-refractivity contribution in [3.8, 4) is 0 Å². The van der Waals surface area contributed by atoms with Gasteiger partial charge in [-0.05, 0) is 31.0 Å². The van der Waals surface area contributed by atoms with Gasteiger partial charge < -0.3 is 14.8 Å². The number of ether oxygens (including phenoxy) is 1. The molecule has 0 fully saturated rings. The molecule has 1 unspecified atom stereocenters. The number of carbonyl (C=O) groups is 1. The molecule has 154 valence electrons. The minimum absolute atomic E-state index is 0.0457. The van der Waals surface area contributed by atoms with Gasteiger partial charge in [0.25, 0.3) is 0 Å². The maximum Gasteiger partial charge on any atom is 0.339 e. The second kappa shape index (κ2) is 7.17. The van der Waals surface area contributed by atoms with Crippen molar-refractivity contribution >= 4 is 16.9 Å². The maximum atomic E-state index is 13.2. The number of para-hydroxylation sites is 1. The van der Waals surface area contributed by atoms with Gasteiger partial charge >= 0.3 is 5.97 Å². The highest BCUT2D eigenvalue weighted by Gasteiger charge is 2.49. The van der Waals surface area contributed by atoms with E-state index >= 15 is 0 Å². The lowest BCUT2D eigenvalue weighted by Crippen LogP contribution is -2.25. The van der Waals surface area contributed by atoms with E-state index in [1.807, 2.05) is 85.8 Å². The Morgan fingerprint density at radius 3 is 2.19 bits per heavy atom. The molecule has 0 saturated heterocycles. The second-order valence-electron chi connectivity index (χ2n) is 8.10. The first-order valence-electron chi connectivity index (χ1n) is 10.4. The highest BCUT2D eigenvalue weighted by molar-refractivity contribution is 5.96. The highest BCUT2D eigenvalue weighted by Crippen LogP contribution is 2.47. The number of hydrogen-bond donors (Lipinski definition) is 2. The number of benzene rings is 3. The molecule has 4 aromatic rings. The largest absolute Gasteiger partial charge is 0.507 e. The second-order valence-corrected chi connectivity index (χ2v) is 8.10. The van der Waals surface area contributed by atoms with E-state index in [0.29, 0.717) is 0 Å². The lowest BCUT2D eigenvalue weighted by atomic mass is 9.83. The molecule has 4 heteroatoms. The summed E-state index contributed by atoms with van der Waals surface area (Å²) in [6.07, 6.45) is 0. The van der Waals surface area contributed by atoms with E-state index in [4.69, 9.17) is 4.74 Å². The summed E-state index contributed by atoms with van der Waals surface area (Å²) in [5.74, 6) is -1.03. The zero-order valence-electron chi connectivity index (χ0n) is 17.4. The van der Waals surface area contributed by atoms with E-state index in [-0.39, 0.29) is 11.3 Å². The van der Waals surface area contributed by atoms with Gasteiger partial charge in [0.05, 0.1) is 11.5 Å². The van der Waals surface area contributed by atoms with Gasteiger partial charge in [-0.15, -0.1) is 0 Å². The van der Waals surface area contributed by atoms with Crippen molar-refractivity contribution in [1.82, 2.24) is 4.98 Å². The normalized spacial score (nSPS) is 19.6. The monoisotopic (exact) mass is 409 g/mol. The SMILES string of the molecule is Cc1c(C(C2=C(O)[C@@](C)(c3ccccc3)OC2=O)c2ccccc2)[nH]c2ccccc12. The molecule has 0 spiro atoms. The molecule has 2 N–H and O–H groups in total. The summed E-state index contributed by atoms with van der Waals surface area (Å²) >= 11 is 0. The van der Waals surface area contributed by atoms with Crippen molar-refractivity contribution in [2.24, 2.45) is 0 Å². The van der Waals surface area contributed by atoms with E-state index in [2.05, 4.69) is 11.1 Å². The van der Waals surface area contributed by atoms with Crippen LogP contribution in [-0.2, 0) is 15.1 Å². The van der Waals surface area contributed by atoms with Gasteiger partial charge in [0.2, 0.25) is 0 Å². The number of aliphatic hydroxyl groups excluding tert-OH is 1. The van der Waals surface area contributed by atoms with E-state index in [0.717, 1.165) is 33.3 Å². The van der Waals surface area contributed by atoms with Crippen molar-refractivity contribution in [3.05, 3.63) is 119 Å². The molecule has 2 heterocycles. The average Bonchev–Trinajstić information content (AvgIpc) is 3.25. The number of cyclic esters (lactones) is 1. The number of aryl methyl sites for hydroxylation is 1. The third-order valence-electron chi connectivity index (χ3n) is 6.26. The van der Waals surface area contributed by atoms with Crippen LogP contribution in [0, 0.1) is 6.92 Å². The number of carbonyl (C=O) groups excluding carboxylic acids is 1. The Labute approximate surface area is 180 Å². The number of fused-ring (bicyclic) bond motifs is 1. The van der Waals surface area contributed by atoms with Crippen LogP contribution in [0.4, 0.5) is 0 Å². The van der Waals surface area contributed by atoms with Crippen molar-refractivity contribution in [1.29, 1.82) is 0 Å². The molecule has 0 bridgehead atoms. The summed E-state index contributed by atoms with van der Waals surface area (Å²) in [4.78, 5) is 16.7. The molecule has 0 aliphatic carbocycles. The van der Waals surface area contributed by atoms with E-state index in [9.17, 15) is 9.90 Å². The van der Waals surface area contributed by atoms with Gasteiger partial charge in [-0.1, -0.05) is 78.9 Å². The number of rotatable bonds is 4. The average molecular weight is 409 g/mol. The minimum Gasteiger partial charge on any atom is -0.507 e. The van der Waals surface area contributed by atoms with Crippen LogP contribution >= 0.6 is 0 Å². The summed E-state index contributed by atoms with van der Waals surface area (Å²) < 4.78 is 5.82. The molecule has 0 amide bonds. The maximum absolute atomic E-state index is 13.2. The number of esters is 1. The van der Waals surface area contributed by atoms with Crippen LogP contribution in [0.5, 0.6) is 0 Å². The third-order valence-corrected chi connectivity index (χ3v) is 6.26. The first-order valence-corrected chi connectivity index (χ1v) is 10.4. The zero-order chi connectivity index (χ0) is 21.6. The van der Waals surface area contributed by atoms with Crippen molar-refractivity contribution < 1.29 is 14.6 Å². The van der Waals surface area contributed by atoms with Gasteiger partial charge in [0.1, 0.15) is 0 Å². The van der Waals surface area contributed by atoms with E-state index < -0.39 is 17.5 Å². The molecule has 1 aliphatic rings. The summed E-state index contributed by atoms with van der Waals surface area (Å²) in [6.45, 7) is 3.78. The summed E-state index contributed by atoms with van der Waals surface area (Å²) in [7, 11) is 0. The lowest BCUT2D eigenvalue weighted by Gasteiger charge is -2.23. The molecule has 31 heavy (non-hydrogen) atoms. The van der Waals surface area contributed by atoms with Crippen LogP contribution in [0.15, 0.2) is 96.3 Å². The number of aromatic nitrogens is 1.